The van der Waals surface area contributed by atoms with Crippen LogP contribution in [0, 0.1) is 5.82 Å². The Morgan fingerprint density at radius 3 is 2.65 bits per heavy atom. The summed E-state index contributed by atoms with van der Waals surface area (Å²) < 4.78 is 13.9. The van der Waals surface area contributed by atoms with E-state index in [9.17, 15) is 4.39 Å². The second-order valence-corrected chi connectivity index (χ2v) is 5.19. The lowest BCUT2D eigenvalue weighted by molar-refractivity contribution is 0.640. The predicted octanol–water partition coefficient (Wildman–Crippen LogP) is 4.61. The van der Waals surface area contributed by atoms with E-state index in [4.69, 9.17) is 0 Å². The summed E-state index contributed by atoms with van der Waals surface area (Å²) >= 11 is 0. The van der Waals surface area contributed by atoms with Gasteiger partial charge in [0.2, 0.25) is 0 Å². The molecule has 3 aromatic rings. The molecule has 1 nitrogen and oxygen atoms in total. The first-order chi connectivity index (χ1) is 9.83. The van der Waals surface area contributed by atoms with Crippen LogP contribution in [0.1, 0.15) is 5.56 Å². The average Bonchev–Trinajstić information content (AvgIpc) is 2.95. The highest BCUT2D eigenvalue weighted by Gasteiger charge is 2.12. The van der Waals surface area contributed by atoms with Crippen LogP contribution in [0.3, 0.4) is 0 Å². The second-order valence-electron chi connectivity index (χ2n) is 5.19. The molecule has 0 fully saturated rings. The number of benzene rings is 3. The Labute approximate surface area is 117 Å². The normalized spacial score (nSPS) is 13.2. The first-order valence-electron chi connectivity index (χ1n) is 6.87. The molecule has 0 unspecified atom stereocenters. The number of fused-ring (bicyclic) bond motifs is 2. The predicted molar refractivity (Wildman–Crippen MR) is 81.5 cm³/mol. The minimum atomic E-state index is -0.163. The van der Waals surface area contributed by atoms with Gasteiger partial charge in [-0.2, -0.15) is 0 Å². The number of hydrogen-bond donors (Lipinski definition) is 1. The van der Waals surface area contributed by atoms with Gasteiger partial charge < -0.3 is 5.32 Å². The summed E-state index contributed by atoms with van der Waals surface area (Å²) in [4.78, 5) is 0. The van der Waals surface area contributed by atoms with E-state index in [1.165, 1.54) is 11.3 Å². The van der Waals surface area contributed by atoms with E-state index in [0.29, 0.717) is 5.39 Å². The van der Waals surface area contributed by atoms with Gasteiger partial charge in [0.1, 0.15) is 5.82 Å². The Bertz CT molecular complexity index is 808. The van der Waals surface area contributed by atoms with E-state index in [1.807, 2.05) is 30.3 Å². The summed E-state index contributed by atoms with van der Waals surface area (Å²) in [5, 5.41) is 5.04. The van der Waals surface area contributed by atoms with Gasteiger partial charge in [0.15, 0.2) is 0 Å². The zero-order chi connectivity index (χ0) is 13.5. The number of hydrogen-bond acceptors (Lipinski definition) is 1. The van der Waals surface area contributed by atoms with Crippen molar-refractivity contribution in [3.05, 3.63) is 66.0 Å². The molecule has 1 N–H and O–H groups in total. The van der Waals surface area contributed by atoms with E-state index in [1.54, 1.807) is 6.07 Å². The van der Waals surface area contributed by atoms with E-state index in [0.717, 1.165) is 29.5 Å². The highest BCUT2D eigenvalue weighted by molar-refractivity contribution is 5.97. The topological polar surface area (TPSA) is 12.0 Å². The summed E-state index contributed by atoms with van der Waals surface area (Å²) in [6, 6.07) is 17.5. The summed E-state index contributed by atoms with van der Waals surface area (Å²) in [5.41, 5.74) is 4.78. The maximum Gasteiger partial charge on any atom is 0.131 e. The maximum absolute atomic E-state index is 13.9. The largest absolute Gasteiger partial charge is 0.384 e. The minimum Gasteiger partial charge on any atom is -0.384 e. The van der Waals surface area contributed by atoms with Crippen LogP contribution < -0.4 is 5.32 Å². The summed E-state index contributed by atoms with van der Waals surface area (Å²) in [5.74, 6) is -0.163. The van der Waals surface area contributed by atoms with Crippen LogP contribution >= 0.6 is 0 Å². The lowest BCUT2D eigenvalue weighted by Crippen LogP contribution is -1.91. The molecule has 0 atom stereocenters. The van der Waals surface area contributed by atoms with Crippen LogP contribution in [0.5, 0.6) is 0 Å². The van der Waals surface area contributed by atoms with E-state index < -0.39 is 0 Å². The fourth-order valence-corrected chi connectivity index (χ4v) is 2.97. The fourth-order valence-electron chi connectivity index (χ4n) is 2.97. The Morgan fingerprint density at radius 1 is 0.900 bits per heavy atom. The molecule has 0 saturated heterocycles. The van der Waals surface area contributed by atoms with Gasteiger partial charge in [0.25, 0.3) is 0 Å². The van der Waals surface area contributed by atoms with Crippen molar-refractivity contribution in [2.75, 3.05) is 11.9 Å². The molecular weight excluding hydrogens is 249 g/mol. The van der Waals surface area contributed by atoms with Crippen molar-refractivity contribution in [1.82, 2.24) is 0 Å². The van der Waals surface area contributed by atoms with Crippen LogP contribution in [-0.4, -0.2) is 6.54 Å². The molecule has 0 aromatic heterocycles. The Kier molecular flexibility index (Phi) is 2.49. The highest BCUT2D eigenvalue weighted by atomic mass is 19.1. The second kappa shape index (κ2) is 4.34. The van der Waals surface area contributed by atoms with Gasteiger partial charge in [-0.1, -0.05) is 42.5 Å². The molecule has 0 spiro atoms. The molecule has 0 bridgehead atoms. The quantitative estimate of drug-likeness (QED) is 0.675. The van der Waals surface area contributed by atoms with Crippen molar-refractivity contribution < 1.29 is 4.39 Å². The van der Waals surface area contributed by atoms with E-state index in [2.05, 4.69) is 23.5 Å². The van der Waals surface area contributed by atoms with Gasteiger partial charge in [-0.05, 0) is 40.6 Å². The summed E-state index contributed by atoms with van der Waals surface area (Å²) in [6.45, 7) is 1.00. The van der Waals surface area contributed by atoms with Crippen LogP contribution in [0.15, 0.2) is 54.6 Å². The van der Waals surface area contributed by atoms with Gasteiger partial charge in [-0.3, -0.25) is 0 Å². The number of nitrogens with one attached hydrogen (secondary N) is 1. The van der Waals surface area contributed by atoms with Crippen LogP contribution in [0.4, 0.5) is 10.1 Å². The molecule has 4 rings (SSSR count). The first kappa shape index (κ1) is 11.5. The lowest BCUT2D eigenvalue weighted by Gasteiger charge is -2.09. The third-order valence-electron chi connectivity index (χ3n) is 4.00. The molecule has 1 aliphatic rings. The zero-order valence-corrected chi connectivity index (χ0v) is 11.0. The third kappa shape index (κ3) is 1.68. The van der Waals surface area contributed by atoms with Gasteiger partial charge in [-0.25, -0.2) is 4.39 Å². The zero-order valence-electron chi connectivity index (χ0n) is 11.0. The van der Waals surface area contributed by atoms with Gasteiger partial charge in [0, 0.05) is 17.6 Å². The van der Waals surface area contributed by atoms with Gasteiger partial charge >= 0.3 is 0 Å². The molecule has 0 aliphatic carbocycles. The average molecular weight is 263 g/mol. The molecule has 1 heterocycles. The Morgan fingerprint density at radius 2 is 1.75 bits per heavy atom. The monoisotopic (exact) mass is 263 g/mol. The van der Waals surface area contributed by atoms with Crippen molar-refractivity contribution in [3.63, 3.8) is 0 Å². The van der Waals surface area contributed by atoms with Crippen molar-refractivity contribution in [2.24, 2.45) is 0 Å². The summed E-state index contributed by atoms with van der Waals surface area (Å²) in [6.07, 6.45) is 1.08. The standard InChI is InChI=1S/C18H14FN/c19-17-8-7-14(15-3-1-2-4-16(15)17)13-6-5-12-9-10-20-18(12)11-13/h1-8,11,20H,9-10H2. The fraction of sp³-hybridized carbons (Fsp3) is 0.111. The molecule has 2 heteroatoms. The van der Waals surface area contributed by atoms with Crippen molar-refractivity contribution >= 4 is 16.5 Å². The minimum absolute atomic E-state index is 0.163. The third-order valence-corrected chi connectivity index (χ3v) is 4.00. The smallest absolute Gasteiger partial charge is 0.131 e. The highest BCUT2D eigenvalue weighted by Crippen LogP contribution is 2.33. The maximum atomic E-state index is 13.9. The molecule has 98 valence electrons. The van der Waals surface area contributed by atoms with Gasteiger partial charge in [-0.15, -0.1) is 0 Å². The molecule has 1 aliphatic heterocycles. The number of anilines is 1. The van der Waals surface area contributed by atoms with Crippen LogP contribution in [0.2, 0.25) is 0 Å². The first-order valence-corrected chi connectivity index (χ1v) is 6.87. The van der Waals surface area contributed by atoms with Crippen LogP contribution in [-0.2, 0) is 6.42 Å². The van der Waals surface area contributed by atoms with Crippen molar-refractivity contribution in [3.8, 4) is 11.1 Å². The SMILES string of the molecule is Fc1ccc(-c2ccc3c(c2)NCC3)c2ccccc12. The number of halogens is 1. The van der Waals surface area contributed by atoms with Crippen LogP contribution in [0.25, 0.3) is 21.9 Å². The molecule has 0 saturated carbocycles. The van der Waals surface area contributed by atoms with Crippen molar-refractivity contribution in [2.45, 2.75) is 6.42 Å². The molecule has 0 amide bonds. The molecule has 20 heavy (non-hydrogen) atoms. The molecule has 3 aromatic carbocycles. The Hall–Kier alpha value is -2.35. The number of rotatable bonds is 1. The molecular formula is C18H14FN. The summed E-state index contributed by atoms with van der Waals surface area (Å²) in [7, 11) is 0. The van der Waals surface area contributed by atoms with Gasteiger partial charge in [0.05, 0.1) is 0 Å². The lowest BCUT2D eigenvalue weighted by atomic mass is 9.96. The molecule has 0 radical (unpaired) electrons. The van der Waals surface area contributed by atoms with E-state index >= 15 is 0 Å². The van der Waals surface area contributed by atoms with E-state index in [-0.39, 0.29) is 5.82 Å². The Balaban J connectivity index is 1.97. The van der Waals surface area contributed by atoms with Crippen molar-refractivity contribution in [1.29, 1.82) is 0 Å².